The van der Waals surface area contributed by atoms with Gasteiger partial charge in [-0.3, -0.25) is 0 Å². The van der Waals surface area contributed by atoms with Crippen LogP contribution in [0.5, 0.6) is 11.5 Å². The highest BCUT2D eigenvalue weighted by molar-refractivity contribution is 6.36. The van der Waals surface area contributed by atoms with E-state index < -0.39 is 11.9 Å². The van der Waals surface area contributed by atoms with E-state index in [0.717, 1.165) is 30.0 Å². The molecule has 4 rings (SSSR count). The molecule has 0 aromatic heterocycles. The summed E-state index contributed by atoms with van der Waals surface area (Å²) >= 11 is 6.53. The quantitative estimate of drug-likeness (QED) is 0.379. The predicted molar refractivity (Wildman–Crippen MR) is 109 cm³/mol. The van der Waals surface area contributed by atoms with Gasteiger partial charge in [0.1, 0.15) is 11.5 Å². The Labute approximate surface area is 168 Å². The Kier molecular flexibility index (Phi) is 4.54. The fourth-order valence-electron chi connectivity index (χ4n) is 4.67. The average Bonchev–Trinajstić information content (AvgIpc) is 3.21. The lowest BCUT2D eigenvalue weighted by Crippen LogP contribution is -2.16. The molecule has 0 radical (unpaired) electrons. The Hall–Kier alpha value is -2.59. The van der Waals surface area contributed by atoms with Crippen LogP contribution in [-0.4, -0.2) is 11.9 Å². The van der Waals surface area contributed by atoms with Gasteiger partial charge in [-0.05, 0) is 43.6 Å². The number of hydrogen-bond donors (Lipinski definition) is 0. The fraction of sp³-hybridized carbons (Fsp3) is 0.304. The van der Waals surface area contributed by atoms with Gasteiger partial charge in [-0.1, -0.05) is 43.8 Å². The smallest absolute Gasteiger partial charge is 0.338 e. The minimum absolute atomic E-state index is 0.241. The summed E-state index contributed by atoms with van der Waals surface area (Å²) in [4.78, 5) is 24.5. The van der Waals surface area contributed by atoms with Gasteiger partial charge in [0.25, 0.3) is 0 Å². The van der Waals surface area contributed by atoms with Crippen molar-refractivity contribution in [2.45, 2.75) is 38.5 Å². The summed E-state index contributed by atoms with van der Waals surface area (Å²) in [5.74, 6) is 0.914. The summed E-state index contributed by atoms with van der Waals surface area (Å²) < 4.78 is 11.5. The molecule has 2 aliphatic rings. The Morgan fingerprint density at radius 1 is 1.18 bits per heavy atom. The molecule has 5 heteroatoms. The van der Waals surface area contributed by atoms with Crippen LogP contribution >= 0.6 is 11.6 Å². The van der Waals surface area contributed by atoms with Crippen LogP contribution < -0.4 is 9.47 Å². The van der Waals surface area contributed by atoms with Crippen molar-refractivity contribution in [2.24, 2.45) is 5.92 Å². The van der Waals surface area contributed by atoms with Crippen LogP contribution in [0.3, 0.4) is 0 Å². The molecule has 1 saturated carbocycles. The second kappa shape index (κ2) is 6.78. The molecule has 0 aliphatic heterocycles. The van der Waals surface area contributed by atoms with Crippen LogP contribution in [0.25, 0.3) is 10.8 Å². The van der Waals surface area contributed by atoms with Gasteiger partial charge in [0, 0.05) is 33.5 Å². The Morgan fingerprint density at radius 3 is 2.61 bits per heavy atom. The van der Waals surface area contributed by atoms with Crippen LogP contribution in [0.2, 0.25) is 5.02 Å². The topological polar surface area (TPSA) is 52.6 Å². The fourth-order valence-corrected chi connectivity index (χ4v) is 4.93. The Balaban J connectivity index is 2.07. The lowest BCUT2D eigenvalue weighted by atomic mass is 9.82. The first-order chi connectivity index (χ1) is 13.3. The summed E-state index contributed by atoms with van der Waals surface area (Å²) in [5.41, 5.74) is 2.20. The minimum atomic E-state index is -0.523. The molecule has 2 aliphatic carbocycles. The second-order valence-electron chi connectivity index (χ2n) is 7.70. The highest BCUT2D eigenvalue weighted by Crippen LogP contribution is 2.63. The first-order valence-electron chi connectivity index (χ1n) is 9.33. The van der Waals surface area contributed by atoms with Gasteiger partial charge < -0.3 is 9.47 Å². The van der Waals surface area contributed by atoms with Gasteiger partial charge in [-0.15, -0.1) is 0 Å². The molecule has 0 N–H and O–H groups in total. The van der Waals surface area contributed by atoms with Crippen LogP contribution in [-0.2, 0) is 9.59 Å². The number of halogens is 1. The average molecular weight is 397 g/mol. The molecule has 2 aromatic carbocycles. The van der Waals surface area contributed by atoms with E-state index in [1.54, 1.807) is 19.1 Å². The van der Waals surface area contributed by atoms with Gasteiger partial charge in [0.15, 0.2) is 0 Å². The number of rotatable bonds is 4. The van der Waals surface area contributed by atoms with E-state index in [-0.39, 0.29) is 11.8 Å². The van der Waals surface area contributed by atoms with Crippen molar-refractivity contribution in [1.29, 1.82) is 0 Å². The van der Waals surface area contributed by atoms with Crippen molar-refractivity contribution in [2.75, 3.05) is 0 Å². The highest BCUT2D eigenvalue weighted by Gasteiger charge is 2.47. The van der Waals surface area contributed by atoms with Crippen molar-refractivity contribution in [1.82, 2.24) is 0 Å². The van der Waals surface area contributed by atoms with Crippen LogP contribution in [0.1, 0.15) is 49.7 Å². The maximum Gasteiger partial charge on any atom is 0.338 e. The van der Waals surface area contributed by atoms with E-state index in [0.29, 0.717) is 38.8 Å². The summed E-state index contributed by atoms with van der Waals surface area (Å²) in [6.45, 7) is 11.0. The minimum Gasteiger partial charge on any atom is -0.422 e. The standard InChI is InChI=1S/C23H21ClO4/c1-5-17(25)27-21-14-7-6-8-16(24)19(14)22(28-23(26)11(2)3)18-13-9-12(4)15(10-13)20(18)21/h5-8,12-13,15H,1-2,9-10H2,3-4H3. The summed E-state index contributed by atoms with van der Waals surface area (Å²) in [7, 11) is 0. The van der Waals surface area contributed by atoms with Crippen LogP contribution in [0.4, 0.5) is 0 Å². The molecule has 144 valence electrons. The van der Waals surface area contributed by atoms with Crippen LogP contribution in [0, 0.1) is 5.92 Å². The second-order valence-corrected chi connectivity index (χ2v) is 8.10. The van der Waals surface area contributed by atoms with Gasteiger partial charge in [0.2, 0.25) is 0 Å². The van der Waals surface area contributed by atoms with Gasteiger partial charge in [-0.25, -0.2) is 9.59 Å². The molecule has 28 heavy (non-hydrogen) atoms. The lowest BCUT2D eigenvalue weighted by molar-refractivity contribution is -0.130. The van der Waals surface area contributed by atoms with Crippen molar-refractivity contribution in [3.8, 4) is 11.5 Å². The molecule has 0 spiro atoms. The molecular formula is C23H21ClO4. The van der Waals surface area contributed by atoms with Gasteiger partial charge in [-0.2, -0.15) is 0 Å². The molecule has 3 atom stereocenters. The molecule has 0 saturated heterocycles. The third kappa shape index (κ3) is 2.75. The largest absolute Gasteiger partial charge is 0.422 e. The van der Waals surface area contributed by atoms with Crippen molar-refractivity contribution >= 4 is 34.3 Å². The van der Waals surface area contributed by atoms with E-state index in [1.165, 1.54) is 0 Å². The van der Waals surface area contributed by atoms with Crippen molar-refractivity contribution in [3.05, 3.63) is 59.2 Å². The number of carbonyl (C=O) groups excluding carboxylic acids is 2. The monoisotopic (exact) mass is 396 g/mol. The number of esters is 2. The van der Waals surface area contributed by atoms with E-state index >= 15 is 0 Å². The van der Waals surface area contributed by atoms with Crippen LogP contribution in [0.15, 0.2) is 43.0 Å². The molecular weight excluding hydrogens is 376 g/mol. The molecule has 4 nitrogen and oxygen atoms in total. The number of hydrogen-bond acceptors (Lipinski definition) is 4. The zero-order chi connectivity index (χ0) is 20.2. The zero-order valence-electron chi connectivity index (χ0n) is 15.9. The van der Waals surface area contributed by atoms with Gasteiger partial charge in [0.05, 0.1) is 5.02 Å². The molecule has 2 aromatic rings. The number of benzene rings is 2. The maximum absolute atomic E-state index is 12.4. The predicted octanol–water partition coefficient (Wildman–Crippen LogP) is 5.68. The third-order valence-corrected chi connectivity index (χ3v) is 6.15. The van der Waals surface area contributed by atoms with Crippen molar-refractivity contribution < 1.29 is 19.1 Å². The number of ether oxygens (including phenoxy) is 2. The van der Waals surface area contributed by atoms with E-state index in [1.807, 2.05) is 6.07 Å². The molecule has 0 heterocycles. The SMILES string of the molecule is C=CC(=O)Oc1c2c(c(OC(=O)C(=C)C)c3c(Cl)cccc13)C1CC(C)C2C1. The van der Waals surface area contributed by atoms with E-state index in [9.17, 15) is 9.59 Å². The van der Waals surface area contributed by atoms with Crippen molar-refractivity contribution in [3.63, 3.8) is 0 Å². The lowest BCUT2D eigenvalue weighted by Gasteiger charge is -2.27. The molecule has 2 bridgehead atoms. The Morgan fingerprint density at radius 2 is 1.93 bits per heavy atom. The Bertz CT molecular complexity index is 1050. The molecule has 1 fully saturated rings. The highest BCUT2D eigenvalue weighted by atomic mass is 35.5. The summed E-state index contributed by atoms with van der Waals surface area (Å²) in [6, 6.07) is 5.37. The first kappa shape index (κ1) is 18.8. The third-order valence-electron chi connectivity index (χ3n) is 5.84. The number of carbonyl (C=O) groups is 2. The number of fused-ring (bicyclic) bond motifs is 6. The van der Waals surface area contributed by atoms with Gasteiger partial charge >= 0.3 is 11.9 Å². The zero-order valence-corrected chi connectivity index (χ0v) is 16.6. The van der Waals surface area contributed by atoms with E-state index in [4.69, 9.17) is 21.1 Å². The molecule has 3 unspecified atom stereocenters. The maximum atomic E-state index is 12.4. The summed E-state index contributed by atoms with van der Waals surface area (Å²) in [6.07, 6.45) is 3.09. The van der Waals surface area contributed by atoms with E-state index in [2.05, 4.69) is 20.1 Å². The summed E-state index contributed by atoms with van der Waals surface area (Å²) in [5, 5.41) is 1.69. The normalized spacial score (nSPS) is 22.0. The molecule has 0 amide bonds. The first-order valence-corrected chi connectivity index (χ1v) is 9.71.